The van der Waals surface area contributed by atoms with E-state index < -0.39 is 0 Å². The fourth-order valence-corrected chi connectivity index (χ4v) is 5.19. The zero-order valence-corrected chi connectivity index (χ0v) is 18.7. The van der Waals surface area contributed by atoms with Crippen molar-refractivity contribution in [2.75, 3.05) is 5.32 Å². The second kappa shape index (κ2) is 7.80. The lowest BCUT2D eigenvalue weighted by Crippen LogP contribution is -2.29. The lowest BCUT2D eigenvalue weighted by Gasteiger charge is -2.40. The molecule has 4 heteroatoms. The minimum Gasteiger partial charge on any atom is -0.326 e. The van der Waals surface area contributed by atoms with Crippen LogP contribution in [0.1, 0.15) is 77.0 Å². The molecule has 3 aromatic rings. The van der Waals surface area contributed by atoms with Crippen molar-refractivity contribution in [3.05, 3.63) is 53.6 Å². The quantitative estimate of drug-likeness (QED) is 0.505. The number of hydrogen-bond acceptors (Lipinski definition) is 3. The molecule has 1 fully saturated rings. The lowest BCUT2D eigenvalue weighted by molar-refractivity contribution is 0.140. The predicted molar refractivity (Wildman–Crippen MR) is 124 cm³/mol. The smallest absolute Gasteiger partial charge is 0.208 e. The average Bonchev–Trinajstić information content (AvgIpc) is 3.03. The molecule has 1 aliphatic rings. The average molecular weight is 401 g/mol. The van der Waals surface area contributed by atoms with Crippen LogP contribution in [0.15, 0.2) is 42.5 Å². The molecule has 1 heterocycles. The molecule has 1 aromatic heterocycles. The van der Waals surface area contributed by atoms with Crippen LogP contribution in [-0.4, -0.2) is 9.55 Å². The van der Waals surface area contributed by atoms with E-state index in [0.29, 0.717) is 28.9 Å². The van der Waals surface area contributed by atoms with Crippen molar-refractivity contribution >= 4 is 22.7 Å². The van der Waals surface area contributed by atoms with Crippen LogP contribution in [-0.2, 0) is 0 Å². The standard InChI is InChI=1S/C26H32N4/c1-17(2)20-7-9-21(10-8-20)28-25-29-23-11-6-19(16-27)13-24(23)30(25)22-12-18(3)14-26(4,5)15-22/h6-11,13,17-18,22H,12,14-15H2,1-5H3,(H,28,29). The van der Waals surface area contributed by atoms with E-state index in [9.17, 15) is 5.26 Å². The molecule has 1 aliphatic carbocycles. The number of nitrogens with zero attached hydrogens (tertiary/aromatic N) is 3. The maximum Gasteiger partial charge on any atom is 0.208 e. The molecule has 0 bridgehead atoms. The normalized spacial score (nSPS) is 21.0. The molecule has 4 nitrogen and oxygen atoms in total. The Labute approximate surface area is 179 Å². The predicted octanol–water partition coefficient (Wildman–Crippen LogP) is 7.16. The highest BCUT2D eigenvalue weighted by atomic mass is 15.2. The number of benzene rings is 2. The van der Waals surface area contributed by atoms with Crippen molar-refractivity contribution in [2.24, 2.45) is 11.3 Å². The van der Waals surface area contributed by atoms with E-state index >= 15 is 0 Å². The van der Waals surface area contributed by atoms with Crippen molar-refractivity contribution in [2.45, 2.75) is 65.8 Å². The first kappa shape index (κ1) is 20.5. The summed E-state index contributed by atoms with van der Waals surface area (Å²) in [6, 6.07) is 17.1. The van der Waals surface area contributed by atoms with Gasteiger partial charge >= 0.3 is 0 Å². The number of imidazole rings is 1. The van der Waals surface area contributed by atoms with E-state index in [1.807, 2.05) is 18.2 Å². The minimum absolute atomic E-state index is 0.294. The summed E-state index contributed by atoms with van der Waals surface area (Å²) in [6.07, 6.45) is 3.49. The maximum atomic E-state index is 9.44. The van der Waals surface area contributed by atoms with Crippen molar-refractivity contribution < 1.29 is 0 Å². The molecule has 156 valence electrons. The van der Waals surface area contributed by atoms with E-state index in [1.165, 1.54) is 12.0 Å². The number of anilines is 2. The van der Waals surface area contributed by atoms with Crippen molar-refractivity contribution in [3.63, 3.8) is 0 Å². The summed E-state index contributed by atoms with van der Waals surface area (Å²) in [4.78, 5) is 4.93. The number of nitrogens with one attached hydrogen (secondary N) is 1. The highest BCUT2D eigenvalue weighted by molar-refractivity contribution is 5.81. The van der Waals surface area contributed by atoms with Crippen molar-refractivity contribution in [1.29, 1.82) is 5.26 Å². The summed E-state index contributed by atoms with van der Waals surface area (Å²) in [7, 11) is 0. The Hall–Kier alpha value is -2.80. The SMILES string of the molecule is CC1CC(n2c(Nc3ccc(C(C)C)cc3)nc3ccc(C#N)cc32)CC(C)(C)C1. The largest absolute Gasteiger partial charge is 0.326 e. The van der Waals surface area contributed by atoms with Crippen molar-refractivity contribution in [1.82, 2.24) is 9.55 Å². The van der Waals surface area contributed by atoms with Gasteiger partial charge in [0.05, 0.1) is 22.7 Å². The summed E-state index contributed by atoms with van der Waals surface area (Å²) >= 11 is 0. The summed E-state index contributed by atoms with van der Waals surface area (Å²) in [5, 5.41) is 13.0. The third-order valence-corrected chi connectivity index (χ3v) is 6.38. The van der Waals surface area contributed by atoms with Gasteiger partial charge in [0, 0.05) is 11.7 Å². The maximum absolute atomic E-state index is 9.44. The summed E-state index contributed by atoms with van der Waals surface area (Å²) in [5.74, 6) is 2.04. The van der Waals surface area contributed by atoms with E-state index in [-0.39, 0.29) is 0 Å². The first-order valence-electron chi connectivity index (χ1n) is 11.0. The Bertz CT molecular complexity index is 1080. The zero-order chi connectivity index (χ0) is 21.5. The third kappa shape index (κ3) is 4.07. The lowest BCUT2D eigenvalue weighted by atomic mass is 9.70. The minimum atomic E-state index is 0.294. The molecule has 1 N–H and O–H groups in total. The Kier molecular flexibility index (Phi) is 5.32. The molecular weight excluding hydrogens is 368 g/mol. The van der Waals surface area contributed by atoms with Crippen LogP contribution in [0.2, 0.25) is 0 Å². The molecule has 0 aliphatic heterocycles. The fourth-order valence-electron chi connectivity index (χ4n) is 5.19. The van der Waals surface area contributed by atoms with Crippen LogP contribution in [0.25, 0.3) is 11.0 Å². The van der Waals surface area contributed by atoms with Crippen LogP contribution in [0.4, 0.5) is 11.6 Å². The van der Waals surface area contributed by atoms with Gasteiger partial charge < -0.3 is 9.88 Å². The van der Waals surface area contributed by atoms with Gasteiger partial charge in [0.1, 0.15) is 0 Å². The van der Waals surface area contributed by atoms with Gasteiger partial charge in [-0.1, -0.05) is 46.8 Å². The molecule has 2 aromatic carbocycles. The Balaban J connectivity index is 1.78. The van der Waals surface area contributed by atoms with E-state index in [4.69, 9.17) is 4.98 Å². The van der Waals surface area contributed by atoms with Gasteiger partial charge in [0.2, 0.25) is 5.95 Å². The number of fused-ring (bicyclic) bond motifs is 1. The number of nitriles is 1. The molecule has 2 atom stereocenters. The second-order valence-electron chi connectivity index (χ2n) is 10.1. The Morgan fingerprint density at radius 3 is 2.50 bits per heavy atom. The van der Waals surface area contributed by atoms with Crippen LogP contribution in [0, 0.1) is 22.7 Å². The molecule has 0 radical (unpaired) electrons. The molecule has 0 amide bonds. The molecule has 0 saturated heterocycles. The molecule has 2 unspecified atom stereocenters. The number of hydrogen-bond donors (Lipinski definition) is 1. The van der Waals surface area contributed by atoms with Gasteiger partial charge in [-0.2, -0.15) is 5.26 Å². The van der Waals surface area contributed by atoms with Crippen LogP contribution in [0.3, 0.4) is 0 Å². The fraction of sp³-hybridized carbons (Fsp3) is 0.462. The second-order valence-corrected chi connectivity index (χ2v) is 10.1. The van der Waals surface area contributed by atoms with Gasteiger partial charge in [-0.05, 0) is 72.4 Å². The highest BCUT2D eigenvalue weighted by Crippen LogP contribution is 2.46. The first-order chi connectivity index (χ1) is 14.3. The summed E-state index contributed by atoms with van der Waals surface area (Å²) in [6.45, 7) is 11.5. The Morgan fingerprint density at radius 1 is 1.13 bits per heavy atom. The molecule has 0 spiro atoms. The van der Waals surface area contributed by atoms with Crippen molar-refractivity contribution in [3.8, 4) is 6.07 Å². The molecule has 1 saturated carbocycles. The van der Waals surface area contributed by atoms with Crippen LogP contribution >= 0.6 is 0 Å². The monoisotopic (exact) mass is 400 g/mol. The van der Waals surface area contributed by atoms with Gasteiger partial charge in [0.25, 0.3) is 0 Å². The Morgan fingerprint density at radius 2 is 1.87 bits per heavy atom. The van der Waals surface area contributed by atoms with E-state index in [0.717, 1.165) is 35.5 Å². The highest BCUT2D eigenvalue weighted by Gasteiger charge is 2.34. The van der Waals surface area contributed by atoms with Crippen LogP contribution in [0.5, 0.6) is 0 Å². The van der Waals surface area contributed by atoms with Gasteiger partial charge in [-0.25, -0.2) is 4.98 Å². The molecule has 30 heavy (non-hydrogen) atoms. The van der Waals surface area contributed by atoms with Gasteiger partial charge in [0.15, 0.2) is 0 Å². The van der Waals surface area contributed by atoms with Gasteiger partial charge in [-0.15, -0.1) is 0 Å². The first-order valence-corrected chi connectivity index (χ1v) is 11.0. The third-order valence-electron chi connectivity index (χ3n) is 6.38. The number of aromatic nitrogens is 2. The molecular formula is C26H32N4. The number of rotatable bonds is 4. The van der Waals surface area contributed by atoms with Crippen LogP contribution < -0.4 is 5.32 Å². The summed E-state index contributed by atoms with van der Waals surface area (Å²) in [5.41, 5.74) is 5.33. The zero-order valence-electron chi connectivity index (χ0n) is 18.7. The topological polar surface area (TPSA) is 53.6 Å². The summed E-state index contributed by atoms with van der Waals surface area (Å²) < 4.78 is 2.35. The van der Waals surface area contributed by atoms with E-state index in [2.05, 4.69) is 74.8 Å². The van der Waals surface area contributed by atoms with E-state index in [1.54, 1.807) is 0 Å². The van der Waals surface area contributed by atoms with Gasteiger partial charge in [-0.3, -0.25) is 0 Å². The molecule has 4 rings (SSSR count).